The Kier molecular flexibility index (Phi) is 4.29. The summed E-state index contributed by atoms with van der Waals surface area (Å²) >= 11 is 0. The fraction of sp³-hybridized carbons (Fsp3) is 0.0769. The average Bonchev–Trinajstić information content (AvgIpc) is 2.49. The second-order valence-corrected chi connectivity index (χ2v) is 3.97. The maximum absolute atomic E-state index is 13.9. The topological polar surface area (TPSA) is 89.3 Å². The molecule has 0 spiro atoms. The summed E-state index contributed by atoms with van der Waals surface area (Å²) in [5.74, 6) is 2.71. The van der Waals surface area contributed by atoms with Crippen LogP contribution in [-0.4, -0.2) is 18.0 Å². The van der Waals surface area contributed by atoms with E-state index in [0.717, 1.165) is 12.1 Å². The van der Waals surface area contributed by atoms with E-state index in [1.165, 1.54) is 25.4 Å². The largest absolute Gasteiger partial charge is 0.497 e. The van der Waals surface area contributed by atoms with Gasteiger partial charge in [-0.15, -0.1) is 0 Å². The van der Waals surface area contributed by atoms with Gasteiger partial charge in [-0.25, -0.2) is 19.6 Å². The third kappa shape index (κ3) is 3.06. The molecule has 1 heterocycles. The first-order valence-electron chi connectivity index (χ1n) is 5.82. The van der Waals surface area contributed by atoms with Gasteiger partial charge in [0.25, 0.3) is 5.91 Å². The Morgan fingerprint density at radius 3 is 2.76 bits per heavy atom. The summed E-state index contributed by atoms with van der Waals surface area (Å²) in [6.45, 7) is 0. The number of methoxy groups -OCH3 is 1. The average molecular weight is 294 g/mol. The van der Waals surface area contributed by atoms with Gasteiger partial charge < -0.3 is 15.5 Å². The molecule has 0 saturated carbocycles. The summed E-state index contributed by atoms with van der Waals surface area (Å²) in [5.41, 5.74) is 1.58. The van der Waals surface area contributed by atoms with E-state index >= 15 is 0 Å². The van der Waals surface area contributed by atoms with Crippen LogP contribution in [0.2, 0.25) is 0 Å². The normalized spacial score (nSPS) is 10.1. The van der Waals surface area contributed by atoms with Crippen molar-refractivity contribution in [3.8, 4) is 5.75 Å². The van der Waals surface area contributed by atoms with Gasteiger partial charge in [0.05, 0.1) is 18.4 Å². The number of hydrogen-bond donors (Lipinski definition) is 3. The Balaban J connectivity index is 2.30. The maximum Gasteiger partial charge on any atom is 0.258 e. The third-order valence-corrected chi connectivity index (χ3v) is 2.69. The number of hydrazine groups is 1. The molecule has 0 aliphatic rings. The number of ether oxygens (including phenoxy) is 1. The monoisotopic (exact) mass is 294 g/mol. The van der Waals surface area contributed by atoms with Crippen LogP contribution in [0.1, 0.15) is 10.4 Å². The quantitative estimate of drug-likeness (QED) is 0.592. The van der Waals surface area contributed by atoms with Gasteiger partial charge in [-0.05, 0) is 18.2 Å². The van der Waals surface area contributed by atoms with Crippen molar-refractivity contribution in [3.63, 3.8) is 0 Å². The lowest BCUT2D eigenvalue weighted by atomic mass is 10.2. The highest BCUT2D eigenvalue weighted by Gasteiger charge is 2.17. The molecule has 8 heteroatoms. The smallest absolute Gasteiger partial charge is 0.258 e. The third-order valence-electron chi connectivity index (χ3n) is 2.69. The highest BCUT2D eigenvalue weighted by Crippen LogP contribution is 2.22. The van der Waals surface area contributed by atoms with E-state index in [-0.39, 0.29) is 17.1 Å². The fourth-order valence-corrected chi connectivity index (χ4v) is 1.64. The van der Waals surface area contributed by atoms with E-state index in [4.69, 9.17) is 10.6 Å². The standard InChI is InChI=1S/C13H12F2N4O2/c1-21-7-2-3-9(14)10(6-7)18-13(20)8-4-5-17-12(19-16)11(8)15/h2-6H,16H2,1H3,(H,17,19)(H,18,20). The number of benzene rings is 1. The number of carbonyl (C=O) groups is 1. The molecule has 2 aromatic rings. The molecule has 0 fully saturated rings. The van der Waals surface area contributed by atoms with Crippen molar-refractivity contribution in [1.82, 2.24) is 4.98 Å². The van der Waals surface area contributed by atoms with E-state index in [2.05, 4.69) is 10.3 Å². The summed E-state index contributed by atoms with van der Waals surface area (Å²) in [7, 11) is 1.40. The lowest BCUT2D eigenvalue weighted by Crippen LogP contribution is -2.18. The van der Waals surface area contributed by atoms with Crippen LogP contribution >= 0.6 is 0 Å². The van der Waals surface area contributed by atoms with Crippen LogP contribution in [-0.2, 0) is 0 Å². The summed E-state index contributed by atoms with van der Waals surface area (Å²) in [5, 5.41) is 2.26. The number of halogens is 2. The Morgan fingerprint density at radius 1 is 1.33 bits per heavy atom. The molecule has 2 rings (SSSR count). The number of nitrogens with one attached hydrogen (secondary N) is 2. The predicted octanol–water partition coefficient (Wildman–Crippen LogP) is 1.91. The first kappa shape index (κ1) is 14.7. The molecule has 1 amide bonds. The molecule has 1 aromatic carbocycles. The summed E-state index contributed by atoms with van der Waals surface area (Å²) in [6, 6.07) is 4.97. The number of amides is 1. The molecule has 0 aliphatic heterocycles. The number of pyridine rings is 1. The van der Waals surface area contributed by atoms with Crippen molar-refractivity contribution >= 4 is 17.4 Å². The molecule has 0 bridgehead atoms. The van der Waals surface area contributed by atoms with Crippen LogP contribution in [0.3, 0.4) is 0 Å². The van der Waals surface area contributed by atoms with Crippen molar-refractivity contribution in [1.29, 1.82) is 0 Å². The molecule has 0 aliphatic carbocycles. The summed E-state index contributed by atoms with van der Waals surface area (Å²) < 4.78 is 32.4. The van der Waals surface area contributed by atoms with E-state index in [0.29, 0.717) is 5.75 Å². The Bertz CT molecular complexity index is 679. The van der Waals surface area contributed by atoms with Crippen molar-refractivity contribution in [2.75, 3.05) is 17.9 Å². The molecule has 110 valence electrons. The number of anilines is 2. The SMILES string of the molecule is COc1ccc(F)c(NC(=O)c2ccnc(NN)c2F)c1. The van der Waals surface area contributed by atoms with Crippen LogP contribution in [0, 0.1) is 11.6 Å². The van der Waals surface area contributed by atoms with Crippen LogP contribution < -0.4 is 21.3 Å². The Morgan fingerprint density at radius 2 is 2.10 bits per heavy atom. The molecule has 0 radical (unpaired) electrons. The number of nitrogens with two attached hydrogens (primary N) is 1. The van der Waals surface area contributed by atoms with Gasteiger partial charge in [0.1, 0.15) is 11.6 Å². The van der Waals surface area contributed by atoms with Crippen molar-refractivity contribution in [2.24, 2.45) is 5.84 Å². The molecule has 4 N–H and O–H groups in total. The van der Waals surface area contributed by atoms with Gasteiger partial charge in [-0.1, -0.05) is 0 Å². The van der Waals surface area contributed by atoms with Crippen LogP contribution in [0.4, 0.5) is 20.3 Å². The summed E-state index contributed by atoms with van der Waals surface area (Å²) in [4.78, 5) is 15.6. The number of nitrogens with zero attached hydrogens (tertiary/aromatic N) is 1. The molecule has 6 nitrogen and oxygen atoms in total. The van der Waals surface area contributed by atoms with E-state index in [9.17, 15) is 13.6 Å². The van der Waals surface area contributed by atoms with Gasteiger partial charge in [-0.3, -0.25) is 4.79 Å². The van der Waals surface area contributed by atoms with E-state index in [1.807, 2.05) is 5.43 Å². The molecular formula is C13H12F2N4O2. The maximum atomic E-state index is 13.9. The van der Waals surface area contributed by atoms with Crippen LogP contribution in [0.5, 0.6) is 5.75 Å². The Labute approximate surface area is 118 Å². The van der Waals surface area contributed by atoms with Gasteiger partial charge in [0.15, 0.2) is 11.6 Å². The number of rotatable bonds is 4. The minimum absolute atomic E-state index is 0.127. The zero-order valence-electron chi connectivity index (χ0n) is 11.0. The molecule has 0 unspecified atom stereocenters. The minimum atomic E-state index is -0.930. The van der Waals surface area contributed by atoms with Gasteiger partial charge in [0.2, 0.25) is 0 Å². The zero-order valence-corrected chi connectivity index (χ0v) is 11.0. The Hall–Kier alpha value is -2.74. The molecule has 21 heavy (non-hydrogen) atoms. The predicted molar refractivity (Wildman–Crippen MR) is 72.9 cm³/mol. The molecule has 0 atom stereocenters. The molecular weight excluding hydrogens is 282 g/mol. The van der Waals surface area contributed by atoms with E-state index in [1.54, 1.807) is 0 Å². The second kappa shape index (κ2) is 6.14. The first-order valence-corrected chi connectivity index (χ1v) is 5.82. The van der Waals surface area contributed by atoms with Crippen molar-refractivity contribution in [3.05, 3.63) is 47.7 Å². The fourth-order valence-electron chi connectivity index (χ4n) is 1.64. The number of aromatic nitrogens is 1. The number of carbonyl (C=O) groups excluding carboxylic acids is 1. The number of hydrogen-bond acceptors (Lipinski definition) is 5. The molecule has 1 aromatic heterocycles. The lowest BCUT2D eigenvalue weighted by molar-refractivity contribution is 0.102. The van der Waals surface area contributed by atoms with Crippen molar-refractivity contribution in [2.45, 2.75) is 0 Å². The van der Waals surface area contributed by atoms with Gasteiger partial charge >= 0.3 is 0 Å². The van der Waals surface area contributed by atoms with Gasteiger partial charge in [-0.2, -0.15) is 0 Å². The lowest BCUT2D eigenvalue weighted by Gasteiger charge is -2.10. The molecule has 0 saturated heterocycles. The van der Waals surface area contributed by atoms with Crippen molar-refractivity contribution < 1.29 is 18.3 Å². The van der Waals surface area contributed by atoms with Gasteiger partial charge in [0, 0.05) is 12.3 Å². The summed E-state index contributed by atoms with van der Waals surface area (Å²) in [6.07, 6.45) is 1.20. The first-order chi connectivity index (χ1) is 10.1. The number of nitrogen functional groups attached to an aromatic ring is 1. The zero-order chi connectivity index (χ0) is 15.4. The minimum Gasteiger partial charge on any atom is -0.497 e. The van der Waals surface area contributed by atoms with E-state index < -0.39 is 17.5 Å². The van der Waals surface area contributed by atoms with Crippen LogP contribution in [0.15, 0.2) is 30.5 Å². The van der Waals surface area contributed by atoms with Crippen LogP contribution in [0.25, 0.3) is 0 Å². The second-order valence-electron chi connectivity index (χ2n) is 3.97. The highest BCUT2D eigenvalue weighted by molar-refractivity contribution is 6.05. The highest BCUT2D eigenvalue weighted by atomic mass is 19.1.